The lowest BCUT2D eigenvalue weighted by molar-refractivity contribution is 0.0548. The highest BCUT2D eigenvalue weighted by Gasteiger charge is 2.37. The number of piperidine rings is 1. The molecule has 0 spiro atoms. The summed E-state index contributed by atoms with van der Waals surface area (Å²) in [7, 11) is 0. The van der Waals surface area contributed by atoms with E-state index in [-0.39, 0.29) is 5.91 Å². The average Bonchev–Trinajstić information content (AvgIpc) is 3.19. The number of carbonyl (C=O) groups is 1. The summed E-state index contributed by atoms with van der Waals surface area (Å²) >= 11 is 0. The van der Waals surface area contributed by atoms with E-state index in [1.54, 1.807) is 0 Å². The molecule has 1 amide bonds. The van der Waals surface area contributed by atoms with Gasteiger partial charge in [0, 0.05) is 29.6 Å². The molecule has 2 atom stereocenters. The lowest BCUT2D eigenvalue weighted by Crippen LogP contribution is -2.46. The van der Waals surface area contributed by atoms with Crippen molar-refractivity contribution in [1.82, 2.24) is 15.0 Å². The zero-order chi connectivity index (χ0) is 16.8. The van der Waals surface area contributed by atoms with Gasteiger partial charge in [-0.15, -0.1) is 0 Å². The van der Waals surface area contributed by atoms with Gasteiger partial charge in [0.1, 0.15) is 0 Å². The Morgan fingerprint density at radius 3 is 2.64 bits per heavy atom. The highest BCUT2D eigenvalue weighted by molar-refractivity contribution is 5.95. The standard InChI is InChI=1S/C20H23N3O2/c24-20(23-12-2-4-13-3-1-5-17(13)23)16-10-8-15(9-11-16)19-21-18(22-25-19)14-6-7-14/h8-11,13-14,17H,1-7,12H2/t13-,17-/m1/s1. The van der Waals surface area contributed by atoms with Crippen LogP contribution in [0.2, 0.25) is 0 Å². The van der Waals surface area contributed by atoms with Gasteiger partial charge in [-0.1, -0.05) is 11.6 Å². The van der Waals surface area contributed by atoms with E-state index in [1.807, 2.05) is 24.3 Å². The van der Waals surface area contributed by atoms with Crippen LogP contribution in [0.4, 0.5) is 0 Å². The first-order chi connectivity index (χ1) is 12.3. The summed E-state index contributed by atoms with van der Waals surface area (Å²) in [4.78, 5) is 19.6. The van der Waals surface area contributed by atoms with Crippen LogP contribution in [0.15, 0.2) is 28.8 Å². The number of amides is 1. The highest BCUT2D eigenvalue weighted by atomic mass is 16.5. The lowest BCUT2D eigenvalue weighted by atomic mass is 9.91. The summed E-state index contributed by atoms with van der Waals surface area (Å²) in [6, 6.07) is 8.10. The van der Waals surface area contributed by atoms with Crippen molar-refractivity contribution >= 4 is 5.91 Å². The van der Waals surface area contributed by atoms with Gasteiger partial charge in [-0.2, -0.15) is 4.98 Å². The molecule has 1 aromatic heterocycles. The molecule has 5 nitrogen and oxygen atoms in total. The average molecular weight is 337 g/mol. The lowest BCUT2D eigenvalue weighted by Gasteiger charge is -2.37. The highest BCUT2D eigenvalue weighted by Crippen LogP contribution is 2.39. The summed E-state index contributed by atoms with van der Waals surface area (Å²) in [5.74, 6) is 2.74. The summed E-state index contributed by atoms with van der Waals surface area (Å²) in [6.07, 6.45) is 8.45. The molecular formula is C20H23N3O2. The quantitative estimate of drug-likeness (QED) is 0.849. The van der Waals surface area contributed by atoms with Gasteiger partial charge in [0.15, 0.2) is 5.82 Å². The molecule has 1 saturated heterocycles. The third-order valence-corrected chi connectivity index (χ3v) is 6.02. The van der Waals surface area contributed by atoms with Gasteiger partial charge in [-0.25, -0.2) is 0 Å². The molecule has 2 heterocycles. The van der Waals surface area contributed by atoms with Crippen LogP contribution in [0.3, 0.4) is 0 Å². The van der Waals surface area contributed by atoms with Gasteiger partial charge in [0.2, 0.25) is 0 Å². The van der Waals surface area contributed by atoms with Crippen LogP contribution >= 0.6 is 0 Å². The second-order valence-corrected chi connectivity index (χ2v) is 7.71. The fourth-order valence-corrected chi connectivity index (χ4v) is 4.49. The topological polar surface area (TPSA) is 59.2 Å². The minimum absolute atomic E-state index is 0.173. The van der Waals surface area contributed by atoms with Crippen molar-refractivity contribution in [2.75, 3.05) is 6.54 Å². The van der Waals surface area contributed by atoms with Crippen molar-refractivity contribution in [3.63, 3.8) is 0 Å². The van der Waals surface area contributed by atoms with Crippen molar-refractivity contribution in [3.8, 4) is 11.5 Å². The van der Waals surface area contributed by atoms with Crippen molar-refractivity contribution < 1.29 is 9.32 Å². The van der Waals surface area contributed by atoms with E-state index < -0.39 is 0 Å². The molecule has 5 heteroatoms. The summed E-state index contributed by atoms with van der Waals surface area (Å²) in [5.41, 5.74) is 1.64. The molecule has 2 saturated carbocycles. The van der Waals surface area contributed by atoms with Gasteiger partial charge in [-0.3, -0.25) is 4.79 Å². The van der Waals surface area contributed by atoms with E-state index in [0.717, 1.165) is 48.7 Å². The maximum absolute atomic E-state index is 13.0. The normalized spacial score (nSPS) is 25.8. The van der Waals surface area contributed by atoms with Crippen LogP contribution in [0.5, 0.6) is 0 Å². The Morgan fingerprint density at radius 1 is 1.04 bits per heavy atom. The first-order valence-electron chi connectivity index (χ1n) is 9.54. The van der Waals surface area contributed by atoms with Crippen molar-refractivity contribution in [2.24, 2.45) is 5.92 Å². The summed E-state index contributed by atoms with van der Waals surface area (Å²) in [6.45, 7) is 0.899. The predicted molar refractivity (Wildman–Crippen MR) is 93.1 cm³/mol. The largest absolute Gasteiger partial charge is 0.335 e. The van der Waals surface area contributed by atoms with E-state index in [2.05, 4.69) is 15.0 Å². The number of hydrogen-bond acceptors (Lipinski definition) is 4. The second-order valence-electron chi connectivity index (χ2n) is 7.71. The van der Waals surface area contributed by atoms with Crippen LogP contribution in [-0.2, 0) is 0 Å². The maximum atomic E-state index is 13.0. The van der Waals surface area contributed by atoms with Crippen LogP contribution in [0.1, 0.15) is 67.0 Å². The van der Waals surface area contributed by atoms with E-state index in [0.29, 0.717) is 17.9 Å². The molecule has 0 unspecified atom stereocenters. The van der Waals surface area contributed by atoms with Crippen LogP contribution in [0.25, 0.3) is 11.5 Å². The van der Waals surface area contributed by atoms with E-state index in [1.165, 1.54) is 25.7 Å². The number of benzene rings is 1. The number of rotatable bonds is 3. The van der Waals surface area contributed by atoms with Crippen molar-refractivity contribution in [1.29, 1.82) is 0 Å². The summed E-state index contributed by atoms with van der Waals surface area (Å²) < 4.78 is 5.37. The molecule has 1 aliphatic heterocycles. The third-order valence-electron chi connectivity index (χ3n) is 6.02. The number of aromatic nitrogens is 2. The molecule has 5 rings (SSSR count). The van der Waals surface area contributed by atoms with E-state index in [9.17, 15) is 4.79 Å². The molecule has 2 aliphatic carbocycles. The van der Waals surface area contributed by atoms with Gasteiger partial charge in [0.05, 0.1) is 0 Å². The fourth-order valence-electron chi connectivity index (χ4n) is 4.49. The molecule has 130 valence electrons. The molecule has 3 aliphatic rings. The van der Waals surface area contributed by atoms with Crippen LogP contribution < -0.4 is 0 Å². The van der Waals surface area contributed by atoms with Crippen LogP contribution in [-0.4, -0.2) is 33.5 Å². The SMILES string of the molecule is O=C(c1ccc(-c2nc(C3CC3)no2)cc1)N1CCC[C@H]2CCC[C@H]21. The van der Waals surface area contributed by atoms with Crippen LogP contribution in [0, 0.1) is 5.92 Å². The number of fused-ring (bicyclic) bond motifs is 1. The number of likely N-dealkylation sites (tertiary alicyclic amines) is 1. The number of carbonyl (C=O) groups excluding carboxylic acids is 1. The Labute approximate surface area is 147 Å². The molecule has 0 N–H and O–H groups in total. The third kappa shape index (κ3) is 2.75. The Bertz CT molecular complexity index is 778. The minimum atomic E-state index is 0.173. The number of hydrogen-bond donors (Lipinski definition) is 0. The molecule has 2 aromatic rings. The Morgan fingerprint density at radius 2 is 1.84 bits per heavy atom. The van der Waals surface area contributed by atoms with Gasteiger partial charge in [-0.05, 0) is 68.7 Å². The molecule has 25 heavy (non-hydrogen) atoms. The summed E-state index contributed by atoms with van der Waals surface area (Å²) in [5, 5.41) is 4.06. The second kappa shape index (κ2) is 5.97. The molecule has 0 bridgehead atoms. The molecule has 0 radical (unpaired) electrons. The molecule has 3 fully saturated rings. The first-order valence-corrected chi connectivity index (χ1v) is 9.54. The Hall–Kier alpha value is -2.17. The molecule has 1 aromatic carbocycles. The minimum Gasteiger partial charge on any atom is -0.335 e. The maximum Gasteiger partial charge on any atom is 0.257 e. The number of nitrogens with zero attached hydrogens (tertiary/aromatic N) is 3. The monoisotopic (exact) mass is 337 g/mol. The zero-order valence-electron chi connectivity index (χ0n) is 14.4. The van der Waals surface area contributed by atoms with Gasteiger partial charge < -0.3 is 9.42 Å². The molecular weight excluding hydrogens is 314 g/mol. The zero-order valence-corrected chi connectivity index (χ0v) is 14.4. The Balaban J connectivity index is 1.34. The van der Waals surface area contributed by atoms with E-state index in [4.69, 9.17) is 4.52 Å². The van der Waals surface area contributed by atoms with Crippen molar-refractivity contribution in [2.45, 2.75) is 56.9 Å². The Kier molecular flexibility index (Phi) is 3.61. The van der Waals surface area contributed by atoms with E-state index >= 15 is 0 Å². The predicted octanol–water partition coefficient (Wildman–Crippen LogP) is 4.02. The smallest absolute Gasteiger partial charge is 0.257 e. The fraction of sp³-hybridized carbons (Fsp3) is 0.550. The first kappa shape index (κ1) is 15.1. The van der Waals surface area contributed by atoms with Crippen molar-refractivity contribution in [3.05, 3.63) is 35.7 Å². The van der Waals surface area contributed by atoms with Gasteiger partial charge in [0.25, 0.3) is 11.8 Å². The van der Waals surface area contributed by atoms with Gasteiger partial charge >= 0.3 is 0 Å².